The molecule has 0 bridgehead atoms. The third kappa shape index (κ3) is 2.15. The van der Waals surface area contributed by atoms with E-state index < -0.39 is 17.6 Å². The molecule has 2 nitrogen and oxygen atoms in total. The highest BCUT2D eigenvalue weighted by atomic mass is 19.1. The van der Waals surface area contributed by atoms with Crippen LogP contribution in [-0.2, 0) is 9.59 Å². The van der Waals surface area contributed by atoms with Crippen LogP contribution in [0.4, 0.5) is 8.78 Å². The molecule has 4 heteroatoms. The first-order valence-electron chi connectivity index (χ1n) is 5.04. The zero-order valence-electron chi connectivity index (χ0n) is 8.50. The van der Waals surface area contributed by atoms with Crippen molar-refractivity contribution >= 4 is 11.6 Å². The van der Waals surface area contributed by atoms with E-state index in [2.05, 4.69) is 0 Å². The van der Waals surface area contributed by atoms with Crippen LogP contribution in [0.2, 0.25) is 0 Å². The normalized spacial score (nSPS) is 17.9. The van der Waals surface area contributed by atoms with Crippen molar-refractivity contribution in [2.45, 2.75) is 25.2 Å². The van der Waals surface area contributed by atoms with Gasteiger partial charge in [0.15, 0.2) is 0 Å². The van der Waals surface area contributed by atoms with Crippen molar-refractivity contribution in [3.05, 3.63) is 35.4 Å². The molecule has 1 saturated carbocycles. The number of ketones is 2. The minimum Gasteiger partial charge on any atom is -0.299 e. The molecule has 84 valence electrons. The minimum absolute atomic E-state index is 0.0562. The Morgan fingerprint density at radius 3 is 2.25 bits per heavy atom. The molecule has 0 unspecified atom stereocenters. The maximum absolute atomic E-state index is 13.4. The number of rotatable bonds is 1. The standard InChI is InChI=1S/C12H10F2O2/c13-8-1-2-11(12(14)5-8)7-3-9(15)6-10(16)4-7/h1-2,5,7H,3-4,6H2. The second-order valence-electron chi connectivity index (χ2n) is 4.03. The maximum atomic E-state index is 13.4. The fourth-order valence-electron chi connectivity index (χ4n) is 2.04. The average Bonchev–Trinajstić information content (AvgIpc) is 2.15. The van der Waals surface area contributed by atoms with Gasteiger partial charge in [-0.3, -0.25) is 9.59 Å². The molecule has 1 aliphatic carbocycles. The van der Waals surface area contributed by atoms with Gasteiger partial charge in [0.05, 0.1) is 6.42 Å². The highest BCUT2D eigenvalue weighted by Crippen LogP contribution is 2.31. The van der Waals surface area contributed by atoms with Gasteiger partial charge >= 0.3 is 0 Å². The van der Waals surface area contributed by atoms with Crippen LogP contribution >= 0.6 is 0 Å². The summed E-state index contributed by atoms with van der Waals surface area (Å²) < 4.78 is 26.1. The largest absolute Gasteiger partial charge is 0.299 e. The zero-order chi connectivity index (χ0) is 11.7. The summed E-state index contributed by atoms with van der Waals surface area (Å²) in [5, 5.41) is 0. The second kappa shape index (κ2) is 4.12. The summed E-state index contributed by atoms with van der Waals surface area (Å²) >= 11 is 0. The lowest BCUT2D eigenvalue weighted by Crippen LogP contribution is -2.22. The molecule has 1 aromatic rings. The van der Waals surface area contributed by atoms with Crippen LogP contribution in [0.25, 0.3) is 0 Å². The van der Waals surface area contributed by atoms with Gasteiger partial charge in [0, 0.05) is 24.8 Å². The quantitative estimate of drug-likeness (QED) is 0.686. The van der Waals surface area contributed by atoms with Gasteiger partial charge in [-0.15, -0.1) is 0 Å². The molecule has 0 radical (unpaired) electrons. The lowest BCUT2D eigenvalue weighted by molar-refractivity contribution is -0.130. The van der Waals surface area contributed by atoms with E-state index in [1.54, 1.807) is 0 Å². The van der Waals surface area contributed by atoms with Gasteiger partial charge in [-0.25, -0.2) is 8.78 Å². The van der Waals surface area contributed by atoms with Crippen LogP contribution in [0.5, 0.6) is 0 Å². The topological polar surface area (TPSA) is 34.1 Å². The van der Waals surface area contributed by atoms with Gasteiger partial charge in [0.2, 0.25) is 0 Å². The SMILES string of the molecule is O=C1CC(=O)CC(c2ccc(F)cc2F)C1. The molecule has 16 heavy (non-hydrogen) atoms. The van der Waals surface area contributed by atoms with E-state index in [4.69, 9.17) is 0 Å². The van der Waals surface area contributed by atoms with Crippen molar-refractivity contribution in [3.63, 3.8) is 0 Å². The van der Waals surface area contributed by atoms with E-state index in [1.807, 2.05) is 0 Å². The molecule has 0 saturated heterocycles. The summed E-state index contributed by atoms with van der Waals surface area (Å²) in [7, 11) is 0. The molecular formula is C12H10F2O2. The van der Waals surface area contributed by atoms with Crippen molar-refractivity contribution in [3.8, 4) is 0 Å². The van der Waals surface area contributed by atoms with E-state index in [0.29, 0.717) is 0 Å². The van der Waals surface area contributed by atoms with Crippen molar-refractivity contribution in [1.82, 2.24) is 0 Å². The summed E-state index contributed by atoms with van der Waals surface area (Å²) in [5.74, 6) is -2.13. The van der Waals surface area contributed by atoms with E-state index in [1.165, 1.54) is 6.07 Å². The second-order valence-corrected chi connectivity index (χ2v) is 4.03. The molecule has 1 aromatic carbocycles. The first-order valence-corrected chi connectivity index (χ1v) is 5.04. The fourth-order valence-corrected chi connectivity index (χ4v) is 2.04. The molecule has 1 aliphatic rings. The molecule has 1 fully saturated rings. The number of halogens is 2. The zero-order valence-corrected chi connectivity index (χ0v) is 8.50. The van der Waals surface area contributed by atoms with E-state index in [9.17, 15) is 18.4 Å². The molecule has 0 aromatic heterocycles. The monoisotopic (exact) mass is 224 g/mol. The number of carbonyl (C=O) groups is 2. The van der Waals surface area contributed by atoms with Gasteiger partial charge in [0.1, 0.15) is 23.2 Å². The van der Waals surface area contributed by atoms with E-state index >= 15 is 0 Å². The molecular weight excluding hydrogens is 214 g/mol. The Labute approximate surface area is 91.3 Å². The van der Waals surface area contributed by atoms with Gasteiger partial charge in [-0.1, -0.05) is 6.07 Å². The van der Waals surface area contributed by atoms with Crippen molar-refractivity contribution in [2.24, 2.45) is 0 Å². The smallest absolute Gasteiger partial charge is 0.140 e. The molecule has 0 atom stereocenters. The van der Waals surface area contributed by atoms with Gasteiger partial charge in [0.25, 0.3) is 0 Å². The number of carbonyl (C=O) groups excluding carboxylic acids is 2. The van der Waals surface area contributed by atoms with Crippen LogP contribution in [0.3, 0.4) is 0 Å². The van der Waals surface area contributed by atoms with E-state index in [-0.39, 0.29) is 36.4 Å². The summed E-state index contributed by atoms with van der Waals surface area (Å²) in [5.41, 5.74) is 0.253. The highest BCUT2D eigenvalue weighted by Gasteiger charge is 2.28. The molecule has 0 aliphatic heterocycles. The number of hydrogen-bond acceptors (Lipinski definition) is 2. The van der Waals surface area contributed by atoms with E-state index in [0.717, 1.165) is 12.1 Å². The Balaban J connectivity index is 2.29. The van der Waals surface area contributed by atoms with Crippen molar-refractivity contribution in [1.29, 1.82) is 0 Å². The summed E-state index contributed by atoms with van der Waals surface area (Å²) in [6.45, 7) is 0. The third-order valence-corrected chi connectivity index (χ3v) is 2.74. The lowest BCUT2D eigenvalue weighted by Gasteiger charge is -2.20. The van der Waals surface area contributed by atoms with Gasteiger partial charge in [-0.2, -0.15) is 0 Å². The van der Waals surface area contributed by atoms with Crippen LogP contribution in [0.1, 0.15) is 30.7 Å². The molecule has 2 rings (SSSR count). The third-order valence-electron chi connectivity index (χ3n) is 2.74. The van der Waals surface area contributed by atoms with Crippen LogP contribution < -0.4 is 0 Å². The van der Waals surface area contributed by atoms with Gasteiger partial charge in [-0.05, 0) is 11.6 Å². The predicted molar refractivity (Wildman–Crippen MR) is 53.0 cm³/mol. The van der Waals surface area contributed by atoms with Crippen LogP contribution in [0, 0.1) is 11.6 Å². The first kappa shape index (κ1) is 10.9. The molecule has 0 heterocycles. The molecule has 0 amide bonds. The average molecular weight is 224 g/mol. The molecule has 0 spiro atoms. The van der Waals surface area contributed by atoms with Crippen LogP contribution in [-0.4, -0.2) is 11.6 Å². The summed E-state index contributed by atoms with van der Waals surface area (Å²) in [6, 6.07) is 3.22. The van der Waals surface area contributed by atoms with Crippen LogP contribution in [0.15, 0.2) is 18.2 Å². The van der Waals surface area contributed by atoms with Gasteiger partial charge < -0.3 is 0 Å². The number of Topliss-reactive ketones (excluding diaryl/α,β-unsaturated/α-hetero) is 2. The minimum atomic E-state index is -0.687. The predicted octanol–water partition coefficient (Wildman–Crippen LogP) is 2.37. The summed E-state index contributed by atoms with van der Waals surface area (Å²) in [6.07, 6.45) is 0.266. The van der Waals surface area contributed by atoms with Crippen molar-refractivity contribution < 1.29 is 18.4 Å². The Bertz CT molecular complexity index is 438. The Morgan fingerprint density at radius 2 is 1.69 bits per heavy atom. The summed E-state index contributed by atoms with van der Waals surface area (Å²) in [4.78, 5) is 22.4. The fraction of sp³-hybridized carbons (Fsp3) is 0.333. The maximum Gasteiger partial charge on any atom is 0.140 e. The molecule has 0 N–H and O–H groups in total. The number of hydrogen-bond donors (Lipinski definition) is 0. The van der Waals surface area contributed by atoms with Crippen molar-refractivity contribution in [2.75, 3.05) is 0 Å². The Kier molecular flexibility index (Phi) is 2.81. The Hall–Kier alpha value is -1.58. The lowest BCUT2D eigenvalue weighted by atomic mass is 9.82. The number of benzene rings is 1. The Morgan fingerprint density at radius 1 is 1.06 bits per heavy atom. The highest BCUT2D eigenvalue weighted by molar-refractivity contribution is 6.02. The first-order chi connectivity index (χ1) is 7.56.